The smallest absolute Gasteiger partial charge is 0.160 e. The second-order valence-electron chi connectivity index (χ2n) is 7.00. The van der Waals surface area contributed by atoms with Gasteiger partial charge in [0.1, 0.15) is 18.5 Å². The topological polar surface area (TPSA) is 60.0 Å². The summed E-state index contributed by atoms with van der Waals surface area (Å²) < 4.78 is 16.3. The molecular weight excluding hydrogens is 378 g/mol. The first kappa shape index (κ1) is 21.7. The van der Waals surface area contributed by atoms with E-state index in [1.807, 2.05) is 60.7 Å². The van der Waals surface area contributed by atoms with Gasteiger partial charge in [0.05, 0.1) is 14.2 Å². The lowest BCUT2D eigenvalue weighted by atomic mass is 10.1. The molecule has 0 amide bonds. The number of methoxy groups -OCH3 is 2. The number of ether oxygens (including phenoxy) is 3. The minimum atomic E-state index is -0.579. The fourth-order valence-electron chi connectivity index (χ4n) is 3.16. The normalized spacial score (nSPS) is 11.7. The Morgan fingerprint density at radius 1 is 0.833 bits per heavy atom. The third-order valence-corrected chi connectivity index (χ3v) is 4.82. The highest BCUT2D eigenvalue weighted by atomic mass is 16.5. The summed E-state index contributed by atoms with van der Waals surface area (Å²) in [5.41, 5.74) is 3.45. The first-order chi connectivity index (χ1) is 14.7. The van der Waals surface area contributed by atoms with Crippen molar-refractivity contribution < 1.29 is 19.3 Å². The zero-order chi connectivity index (χ0) is 21.2. The van der Waals surface area contributed by atoms with Gasteiger partial charge in [-0.15, -0.1) is 0 Å². The van der Waals surface area contributed by atoms with Crippen molar-refractivity contribution in [2.24, 2.45) is 0 Å². The Hall–Kier alpha value is -3.02. The van der Waals surface area contributed by atoms with E-state index in [1.165, 1.54) is 5.56 Å². The molecule has 2 N–H and O–H groups in total. The molecule has 158 valence electrons. The summed E-state index contributed by atoms with van der Waals surface area (Å²) in [5.74, 6) is 2.19. The summed E-state index contributed by atoms with van der Waals surface area (Å²) in [4.78, 5) is 0. The molecule has 0 aliphatic heterocycles. The number of rotatable bonds is 11. The number of aliphatic hydroxyl groups is 1. The summed E-state index contributed by atoms with van der Waals surface area (Å²) in [7, 11) is 3.26. The molecule has 0 aliphatic carbocycles. The van der Waals surface area contributed by atoms with Crippen molar-refractivity contribution in [2.45, 2.75) is 12.5 Å². The van der Waals surface area contributed by atoms with E-state index in [2.05, 4.69) is 17.4 Å². The fourth-order valence-corrected chi connectivity index (χ4v) is 3.16. The number of aliphatic hydroxyl groups excluding tert-OH is 1. The zero-order valence-electron chi connectivity index (χ0n) is 17.5. The summed E-state index contributed by atoms with van der Waals surface area (Å²) >= 11 is 0. The molecule has 0 saturated heterocycles. The van der Waals surface area contributed by atoms with Crippen LogP contribution in [0.2, 0.25) is 0 Å². The first-order valence-electron chi connectivity index (χ1n) is 10.1. The van der Waals surface area contributed by atoms with Crippen LogP contribution >= 0.6 is 0 Å². The van der Waals surface area contributed by atoms with Gasteiger partial charge in [0.25, 0.3) is 0 Å². The lowest BCUT2D eigenvalue weighted by molar-refractivity contribution is 0.106. The van der Waals surface area contributed by atoms with Crippen molar-refractivity contribution in [2.75, 3.05) is 33.9 Å². The minimum Gasteiger partial charge on any atom is -0.493 e. The molecule has 0 heterocycles. The van der Waals surface area contributed by atoms with E-state index in [1.54, 1.807) is 14.2 Å². The molecule has 3 rings (SSSR count). The van der Waals surface area contributed by atoms with Crippen molar-refractivity contribution in [1.29, 1.82) is 0 Å². The maximum absolute atomic E-state index is 10.2. The lowest BCUT2D eigenvalue weighted by Crippen LogP contribution is -2.32. The van der Waals surface area contributed by atoms with E-state index >= 15 is 0 Å². The Bertz CT molecular complexity index is 897. The van der Waals surface area contributed by atoms with Gasteiger partial charge in [-0.05, 0) is 53.9 Å². The van der Waals surface area contributed by atoms with Crippen LogP contribution in [0.1, 0.15) is 5.56 Å². The van der Waals surface area contributed by atoms with Crippen LogP contribution in [-0.2, 0) is 6.42 Å². The molecule has 0 saturated carbocycles. The van der Waals surface area contributed by atoms with Gasteiger partial charge in [0.15, 0.2) is 11.5 Å². The highest BCUT2D eigenvalue weighted by Crippen LogP contribution is 2.27. The van der Waals surface area contributed by atoms with Crippen LogP contribution in [0.25, 0.3) is 11.1 Å². The van der Waals surface area contributed by atoms with E-state index in [9.17, 15) is 5.11 Å². The molecule has 1 atom stereocenters. The van der Waals surface area contributed by atoms with Gasteiger partial charge in [0.2, 0.25) is 0 Å². The summed E-state index contributed by atoms with van der Waals surface area (Å²) in [6, 6.07) is 24.0. The molecule has 3 aromatic rings. The Morgan fingerprint density at radius 3 is 2.23 bits per heavy atom. The Kier molecular flexibility index (Phi) is 8.12. The van der Waals surface area contributed by atoms with Crippen LogP contribution in [0.3, 0.4) is 0 Å². The van der Waals surface area contributed by atoms with Crippen molar-refractivity contribution in [1.82, 2.24) is 5.32 Å². The maximum atomic E-state index is 10.2. The number of benzene rings is 3. The minimum absolute atomic E-state index is 0.244. The molecule has 0 aromatic heterocycles. The predicted molar refractivity (Wildman–Crippen MR) is 119 cm³/mol. The molecule has 5 heteroatoms. The first-order valence-corrected chi connectivity index (χ1v) is 10.1. The Labute approximate surface area is 178 Å². The Morgan fingerprint density at radius 2 is 1.53 bits per heavy atom. The third kappa shape index (κ3) is 6.24. The van der Waals surface area contributed by atoms with Gasteiger partial charge < -0.3 is 24.6 Å². The third-order valence-electron chi connectivity index (χ3n) is 4.82. The number of hydrogen-bond acceptors (Lipinski definition) is 5. The van der Waals surface area contributed by atoms with E-state index < -0.39 is 6.10 Å². The molecule has 0 unspecified atom stereocenters. The van der Waals surface area contributed by atoms with Gasteiger partial charge in [-0.1, -0.05) is 48.5 Å². The number of nitrogens with one attached hydrogen (secondary N) is 1. The SMILES string of the molecule is COc1ccc(CCNC[C@@H](O)COc2ccc(-c3ccccc3)cc2)cc1OC. The fraction of sp³-hybridized carbons (Fsp3) is 0.280. The zero-order valence-corrected chi connectivity index (χ0v) is 17.5. The number of hydrogen-bond donors (Lipinski definition) is 2. The molecule has 0 bridgehead atoms. The standard InChI is InChI=1S/C25H29NO4/c1-28-24-13-8-19(16-25(24)29-2)14-15-26-17-22(27)18-30-23-11-9-21(10-12-23)20-6-4-3-5-7-20/h3-13,16,22,26-27H,14-15,17-18H2,1-2H3/t22-/m1/s1. The van der Waals surface area contributed by atoms with Gasteiger partial charge >= 0.3 is 0 Å². The highest BCUT2D eigenvalue weighted by molar-refractivity contribution is 5.63. The average Bonchev–Trinajstić information content (AvgIpc) is 2.81. The largest absolute Gasteiger partial charge is 0.493 e. The summed E-state index contributed by atoms with van der Waals surface area (Å²) in [5, 5.41) is 13.4. The summed E-state index contributed by atoms with van der Waals surface area (Å²) in [6.45, 7) is 1.46. The van der Waals surface area contributed by atoms with Crippen LogP contribution in [0, 0.1) is 0 Å². The highest BCUT2D eigenvalue weighted by Gasteiger charge is 2.07. The van der Waals surface area contributed by atoms with Crippen molar-refractivity contribution >= 4 is 0 Å². The molecule has 0 spiro atoms. The van der Waals surface area contributed by atoms with E-state index in [0.29, 0.717) is 6.54 Å². The molecule has 3 aromatic carbocycles. The molecular formula is C25H29NO4. The molecule has 0 radical (unpaired) electrons. The molecule has 30 heavy (non-hydrogen) atoms. The van der Waals surface area contributed by atoms with Crippen molar-refractivity contribution in [3.63, 3.8) is 0 Å². The van der Waals surface area contributed by atoms with Gasteiger partial charge in [-0.25, -0.2) is 0 Å². The lowest BCUT2D eigenvalue weighted by Gasteiger charge is -2.14. The average molecular weight is 408 g/mol. The quantitative estimate of drug-likeness (QED) is 0.472. The van der Waals surface area contributed by atoms with Gasteiger partial charge in [-0.2, -0.15) is 0 Å². The van der Waals surface area contributed by atoms with Crippen LogP contribution in [-0.4, -0.2) is 45.1 Å². The van der Waals surface area contributed by atoms with Gasteiger partial charge in [0, 0.05) is 6.54 Å². The van der Waals surface area contributed by atoms with Crippen LogP contribution in [0.4, 0.5) is 0 Å². The maximum Gasteiger partial charge on any atom is 0.160 e. The van der Waals surface area contributed by atoms with Crippen LogP contribution in [0.15, 0.2) is 72.8 Å². The predicted octanol–water partition coefficient (Wildman–Crippen LogP) is 3.94. The van der Waals surface area contributed by atoms with E-state index in [0.717, 1.165) is 41.3 Å². The second-order valence-corrected chi connectivity index (χ2v) is 7.00. The monoisotopic (exact) mass is 407 g/mol. The van der Waals surface area contributed by atoms with E-state index in [4.69, 9.17) is 14.2 Å². The summed E-state index contributed by atoms with van der Waals surface area (Å²) in [6.07, 6.45) is 0.249. The molecule has 5 nitrogen and oxygen atoms in total. The van der Waals surface area contributed by atoms with Crippen LogP contribution < -0.4 is 19.5 Å². The van der Waals surface area contributed by atoms with Gasteiger partial charge in [-0.3, -0.25) is 0 Å². The van der Waals surface area contributed by atoms with E-state index in [-0.39, 0.29) is 6.61 Å². The Balaban J connectivity index is 1.37. The van der Waals surface area contributed by atoms with Crippen LogP contribution in [0.5, 0.6) is 17.2 Å². The second kappa shape index (κ2) is 11.2. The van der Waals surface area contributed by atoms with Crippen molar-refractivity contribution in [3.8, 4) is 28.4 Å². The molecule has 0 aliphatic rings. The van der Waals surface area contributed by atoms with Crippen molar-refractivity contribution in [3.05, 3.63) is 78.4 Å². The molecule has 0 fully saturated rings.